The Bertz CT molecular complexity index is 445. The Morgan fingerprint density at radius 3 is 2.79 bits per heavy atom. The normalized spacial score (nSPS) is 11.1. The van der Waals surface area contributed by atoms with Crippen LogP contribution in [0, 0.1) is 0 Å². The second kappa shape index (κ2) is 3.33. The molecule has 74 valence electrons. The van der Waals surface area contributed by atoms with Gasteiger partial charge in [0, 0.05) is 0 Å². The summed E-state index contributed by atoms with van der Waals surface area (Å²) in [5.41, 5.74) is 2.30. The first-order chi connectivity index (χ1) is 6.72. The number of methoxy groups -OCH3 is 1. The third-order valence-electron chi connectivity index (χ3n) is 2.43. The highest BCUT2D eigenvalue weighted by atomic mass is 16.5. The number of aromatic nitrogens is 2. The molecule has 0 aliphatic heterocycles. The standard InChI is InChI=1S/C11H14N2O/c1-7(2)8-4-10-9(6-12-13-10)11(5-8)14-3/h4-7H,1-3H3,(H,12,13). The monoisotopic (exact) mass is 190 g/mol. The van der Waals surface area contributed by atoms with Crippen molar-refractivity contribution in [3.05, 3.63) is 23.9 Å². The molecule has 1 heterocycles. The number of fused-ring (bicyclic) bond motifs is 1. The first-order valence-corrected chi connectivity index (χ1v) is 4.73. The first-order valence-electron chi connectivity index (χ1n) is 4.73. The van der Waals surface area contributed by atoms with Gasteiger partial charge in [-0.2, -0.15) is 5.10 Å². The van der Waals surface area contributed by atoms with Gasteiger partial charge in [0.05, 0.1) is 24.2 Å². The molecule has 0 spiro atoms. The van der Waals surface area contributed by atoms with E-state index in [1.54, 1.807) is 13.3 Å². The number of hydrogen-bond acceptors (Lipinski definition) is 2. The van der Waals surface area contributed by atoms with Gasteiger partial charge in [-0.15, -0.1) is 0 Å². The van der Waals surface area contributed by atoms with E-state index < -0.39 is 0 Å². The highest BCUT2D eigenvalue weighted by molar-refractivity contribution is 5.85. The SMILES string of the molecule is COc1cc(C(C)C)cc2[nH]ncc12. The van der Waals surface area contributed by atoms with Crippen molar-refractivity contribution in [1.82, 2.24) is 10.2 Å². The maximum Gasteiger partial charge on any atom is 0.130 e. The van der Waals surface area contributed by atoms with E-state index in [0.29, 0.717) is 5.92 Å². The number of H-pyrrole nitrogens is 1. The second-order valence-corrected chi connectivity index (χ2v) is 3.71. The summed E-state index contributed by atoms with van der Waals surface area (Å²) in [6, 6.07) is 4.19. The quantitative estimate of drug-likeness (QED) is 0.790. The van der Waals surface area contributed by atoms with Crippen molar-refractivity contribution in [1.29, 1.82) is 0 Å². The summed E-state index contributed by atoms with van der Waals surface area (Å²) in [5, 5.41) is 8.00. The molecule has 2 rings (SSSR count). The van der Waals surface area contributed by atoms with Crippen molar-refractivity contribution in [3.8, 4) is 5.75 Å². The van der Waals surface area contributed by atoms with E-state index >= 15 is 0 Å². The molecule has 1 N–H and O–H groups in total. The van der Waals surface area contributed by atoms with Crippen molar-refractivity contribution in [2.75, 3.05) is 7.11 Å². The zero-order valence-corrected chi connectivity index (χ0v) is 8.66. The molecule has 0 saturated heterocycles. The molecule has 0 atom stereocenters. The van der Waals surface area contributed by atoms with Gasteiger partial charge in [-0.05, 0) is 23.6 Å². The number of rotatable bonds is 2. The Morgan fingerprint density at radius 2 is 2.14 bits per heavy atom. The van der Waals surface area contributed by atoms with Crippen molar-refractivity contribution >= 4 is 10.9 Å². The summed E-state index contributed by atoms with van der Waals surface area (Å²) >= 11 is 0. The van der Waals surface area contributed by atoms with Crippen LogP contribution in [-0.4, -0.2) is 17.3 Å². The van der Waals surface area contributed by atoms with Gasteiger partial charge < -0.3 is 4.74 Å². The summed E-state index contributed by atoms with van der Waals surface area (Å²) in [4.78, 5) is 0. The van der Waals surface area contributed by atoms with E-state index in [2.05, 4.69) is 36.2 Å². The fraction of sp³-hybridized carbons (Fsp3) is 0.364. The van der Waals surface area contributed by atoms with Crippen LogP contribution in [-0.2, 0) is 0 Å². The lowest BCUT2D eigenvalue weighted by molar-refractivity contribution is 0.419. The molecule has 1 aromatic carbocycles. The van der Waals surface area contributed by atoms with Gasteiger partial charge in [-0.3, -0.25) is 5.10 Å². The summed E-state index contributed by atoms with van der Waals surface area (Å²) in [6.07, 6.45) is 1.79. The van der Waals surface area contributed by atoms with Crippen LogP contribution in [0.1, 0.15) is 25.3 Å². The zero-order chi connectivity index (χ0) is 10.1. The summed E-state index contributed by atoms with van der Waals surface area (Å²) in [5.74, 6) is 1.39. The minimum absolute atomic E-state index is 0.497. The van der Waals surface area contributed by atoms with Gasteiger partial charge >= 0.3 is 0 Å². The maximum atomic E-state index is 5.32. The van der Waals surface area contributed by atoms with Crippen LogP contribution < -0.4 is 4.74 Å². The Morgan fingerprint density at radius 1 is 1.36 bits per heavy atom. The Kier molecular flexibility index (Phi) is 2.15. The van der Waals surface area contributed by atoms with Crippen LogP contribution in [0.15, 0.2) is 18.3 Å². The van der Waals surface area contributed by atoms with E-state index in [1.807, 2.05) is 0 Å². The molecular formula is C11H14N2O. The van der Waals surface area contributed by atoms with Crippen LogP contribution in [0.25, 0.3) is 10.9 Å². The minimum atomic E-state index is 0.497. The molecule has 2 aromatic rings. The average molecular weight is 190 g/mol. The topological polar surface area (TPSA) is 37.9 Å². The highest BCUT2D eigenvalue weighted by Gasteiger charge is 2.07. The number of ether oxygens (including phenoxy) is 1. The minimum Gasteiger partial charge on any atom is -0.496 e. The summed E-state index contributed by atoms with van der Waals surface area (Å²) < 4.78 is 5.32. The van der Waals surface area contributed by atoms with Crippen LogP contribution in [0.4, 0.5) is 0 Å². The molecule has 3 nitrogen and oxygen atoms in total. The molecule has 1 aromatic heterocycles. The third-order valence-corrected chi connectivity index (χ3v) is 2.43. The number of benzene rings is 1. The number of nitrogens with one attached hydrogen (secondary N) is 1. The van der Waals surface area contributed by atoms with Crippen LogP contribution >= 0.6 is 0 Å². The van der Waals surface area contributed by atoms with Crippen LogP contribution in [0.5, 0.6) is 5.75 Å². The van der Waals surface area contributed by atoms with E-state index in [1.165, 1.54) is 5.56 Å². The lowest BCUT2D eigenvalue weighted by Crippen LogP contribution is -1.90. The number of hydrogen-bond donors (Lipinski definition) is 1. The largest absolute Gasteiger partial charge is 0.496 e. The van der Waals surface area contributed by atoms with Crippen molar-refractivity contribution in [3.63, 3.8) is 0 Å². The molecule has 0 saturated carbocycles. The van der Waals surface area contributed by atoms with Gasteiger partial charge in [-0.25, -0.2) is 0 Å². The van der Waals surface area contributed by atoms with E-state index in [4.69, 9.17) is 4.74 Å². The van der Waals surface area contributed by atoms with E-state index in [9.17, 15) is 0 Å². The van der Waals surface area contributed by atoms with E-state index in [0.717, 1.165) is 16.7 Å². The van der Waals surface area contributed by atoms with Gasteiger partial charge in [0.15, 0.2) is 0 Å². The van der Waals surface area contributed by atoms with Gasteiger partial charge in [0.2, 0.25) is 0 Å². The molecule has 3 heteroatoms. The molecule has 0 amide bonds. The fourth-order valence-electron chi connectivity index (χ4n) is 1.54. The lowest BCUT2D eigenvalue weighted by atomic mass is 10.0. The van der Waals surface area contributed by atoms with Crippen molar-refractivity contribution in [2.24, 2.45) is 0 Å². The smallest absolute Gasteiger partial charge is 0.130 e. The molecular weight excluding hydrogens is 176 g/mol. The molecule has 0 bridgehead atoms. The van der Waals surface area contributed by atoms with Gasteiger partial charge in [0.1, 0.15) is 5.75 Å². The zero-order valence-electron chi connectivity index (χ0n) is 8.66. The van der Waals surface area contributed by atoms with Crippen molar-refractivity contribution < 1.29 is 4.74 Å². The first kappa shape index (κ1) is 9.06. The molecule has 14 heavy (non-hydrogen) atoms. The van der Waals surface area contributed by atoms with Crippen LogP contribution in [0.2, 0.25) is 0 Å². The fourth-order valence-corrected chi connectivity index (χ4v) is 1.54. The van der Waals surface area contributed by atoms with Gasteiger partial charge in [0.25, 0.3) is 0 Å². The summed E-state index contributed by atoms with van der Waals surface area (Å²) in [6.45, 7) is 4.33. The predicted octanol–water partition coefficient (Wildman–Crippen LogP) is 2.69. The lowest BCUT2D eigenvalue weighted by Gasteiger charge is -2.08. The van der Waals surface area contributed by atoms with Gasteiger partial charge in [-0.1, -0.05) is 13.8 Å². The number of nitrogens with zero attached hydrogens (tertiary/aromatic N) is 1. The maximum absolute atomic E-state index is 5.32. The van der Waals surface area contributed by atoms with Crippen molar-refractivity contribution in [2.45, 2.75) is 19.8 Å². The Labute approximate surface area is 83.1 Å². The predicted molar refractivity (Wildman–Crippen MR) is 56.7 cm³/mol. The second-order valence-electron chi connectivity index (χ2n) is 3.71. The summed E-state index contributed by atoms with van der Waals surface area (Å²) in [7, 11) is 1.69. The Hall–Kier alpha value is -1.51. The van der Waals surface area contributed by atoms with E-state index in [-0.39, 0.29) is 0 Å². The third kappa shape index (κ3) is 1.35. The highest BCUT2D eigenvalue weighted by Crippen LogP contribution is 2.28. The molecule has 0 aliphatic rings. The van der Waals surface area contributed by atoms with Crippen LogP contribution in [0.3, 0.4) is 0 Å². The molecule has 0 unspecified atom stereocenters. The number of aromatic amines is 1. The Balaban J connectivity index is 2.67. The average Bonchev–Trinajstić information content (AvgIpc) is 2.63. The molecule has 0 aliphatic carbocycles. The molecule has 0 radical (unpaired) electrons. The molecule has 0 fully saturated rings.